The maximum absolute atomic E-state index is 11.6. The molecule has 0 saturated carbocycles. The first-order valence-electron chi connectivity index (χ1n) is 5.70. The quantitative estimate of drug-likeness (QED) is 0.657. The molecule has 0 aliphatic carbocycles. The van der Waals surface area contributed by atoms with Gasteiger partial charge in [0.05, 0.1) is 7.11 Å². The first-order valence-corrected chi connectivity index (χ1v) is 5.70. The van der Waals surface area contributed by atoms with E-state index in [1.807, 2.05) is 13.0 Å². The standard InChI is InChI=1S/C13H11N3O3/c1-8-6-7-10(19-8)12-14-11-5-3-4-9(13(17)18-2)16(11)15-12/h3-7H,1-2H3. The van der Waals surface area contributed by atoms with Gasteiger partial charge in [0, 0.05) is 0 Å². The fourth-order valence-corrected chi connectivity index (χ4v) is 1.82. The average molecular weight is 257 g/mol. The van der Waals surface area contributed by atoms with Crippen molar-refractivity contribution in [3.05, 3.63) is 41.8 Å². The predicted octanol–water partition coefficient (Wildman–Crippen LogP) is 2.08. The molecule has 3 aromatic rings. The molecular formula is C13H11N3O3. The topological polar surface area (TPSA) is 69.6 Å². The molecule has 0 aliphatic rings. The smallest absolute Gasteiger partial charge is 0.356 e. The summed E-state index contributed by atoms with van der Waals surface area (Å²) >= 11 is 0. The molecule has 96 valence electrons. The Morgan fingerprint density at radius 2 is 2.16 bits per heavy atom. The van der Waals surface area contributed by atoms with Crippen LogP contribution < -0.4 is 0 Å². The van der Waals surface area contributed by atoms with Crippen molar-refractivity contribution in [3.63, 3.8) is 0 Å². The second-order valence-corrected chi connectivity index (χ2v) is 4.02. The van der Waals surface area contributed by atoms with Crippen LogP contribution in [0.5, 0.6) is 0 Å². The number of ether oxygens (including phenoxy) is 1. The van der Waals surface area contributed by atoms with E-state index in [-0.39, 0.29) is 0 Å². The molecule has 0 unspecified atom stereocenters. The summed E-state index contributed by atoms with van der Waals surface area (Å²) in [7, 11) is 1.33. The van der Waals surface area contributed by atoms with Gasteiger partial charge in [0.2, 0.25) is 5.82 Å². The minimum Gasteiger partial charge on any atom is -0.464 e. The molecule has 3 heterocycles. The van der Waals surface area contributed by atoms with E-state index in [1.165, 1.54) is 11.6 Å². The highest BCUT2D eigenvalue weighted by Gasteiger charge is 2.15. The zero-order chi connectivity index (χ0) is 13.4. The molecular weight excluding hydrogens is 246 g/mol. The monoisotopic (exact) mass is 257 g/mol. The van der Waals surface area contributed by atoms with Crippen LogP contribution in [0, 0.1) is 6.92 Å². The fraction of sp³-hybridized carbons (Fsp3) is 0.154. The zero-order valence-corrected chi connectivity index (χ0v) is 10.5. The summed E-state index contributed by atoms with van der Waals surface area (Å²) in [6.07, 6.45) is 0. The van der Waals surface area contributed by atoms with Gasteiger partial charge in [0.1, 0.15) is 5.76 Å². The maximum Gasteiger partial charge on any atom is 0.356 e. The number of rotatable bonds is 2. The summed E-state index contributed by atoms with van der Waals surface area (Å²) in [6.45, 7) is 1.85. The van der Waals surface area contributed by atoms with Gasteiger partial charge in [-0.25, -0.2) is 14.3 Å². The predicted molar refractivity (Wildman–Crippen MR) is 66.8 cm³/mol. The van der Waals surface area contributed by atoms with Crippen LogP contribution in [0.3, 0.4) is 0 Å². The van der Waals surface area contributed by atoms with E-state index in [2.05, 4.69) is 10.1 Å². The Labute approximate surface area is 108 Å². The van der Waals surface area contributed by atoms with Crippen LogP contribution in [0.15, 0.2) is 34.7 Å². The number of aryl methyl sites for hydroxylation is 1. The number of furan rings is 1. The van der Waals surface area contributed by atoms with Crippen LogP contribution >= 0.6 is 0 Å². The number of carbonyl (C=O) groups is 1. The summed E-state index contributed by atoms with van der Waals surface area (Å²) in [5.74, 6) is 1.32. The van der Waals surface area contributed by atoms with E-state index in [4.69, 9.17) is 9.15 Å². The van der Waals surface area contributed by atoms with E-state index >= 15 is 0 Å². The number of hydrogen-bond acceptors (Lipinski definition) is 5. The summed E-state index contributed by atoms with van der Waals surface area (Å²) < 4.78 is 11.6. The molecule has 0 amide bonds. The lowest BCUT2D eigenvalue weighted by molar-refractivity contribution is 0.0591. The number of fused-ring (bicyclic) bond motifs is 1. The van der Waals surface area contributed by atoms with Gasteiger partial charge in [-0.1, -0.05) is 6.07 Å². The molecule has 19 heavy (non-hydrogen) atoms. The molecule has 0 aromatic carbocycles. The Morgan fingerprint density at radius 3 is 2.84 bits per heavy atom. The van der Waals surface area contributed by atoms with Crippen molar-refractivity contribution in [2.75, 3.05) is 7.11 Å². The number of carbonyl (C=O) groups excluding carboxylic acids is 1. The van der Waals surface area contributed by atoms with Crippen LogP contribution in [0.1, 0.15) is 16.2 Å². The minimum absolute atomic E-state index is 0.321. The van der Waals surface area contributed by atoms with E-state index in [0.717, 1.165) is 5.76 Å². The second-order valence-electron chi connectivity index (χ2n) is 4.02. The second kappa shape index (κ2) is 4.24. The Morgan fingerprint density at radius 1 is 1.32 bits per heavy atom. The van der Waals surface area contributed by atoms with Crippen molar-refractivity contribution >= 4 is 11.6 Å². The molecule has 6 nitrogen and oxygen atoms in total. The van der Waals surface area contributed by atoms with Gasteiger partial charge in [0.25, 0.3) is 0 Å². The van der Waals surface area contributed by atoms with E-state index < -0.39 is 5.97 Å². The number of nitrogens with zero attached hydrogens (tertiary/aromatic N) is 3. The highest BCUT2D eigenvalue weighted by atomic mass is 16.5. The molecule has 3 rings (SSSR count). The van der Waals surface area contributed by atoms with Gasteiger partial charge in [0.15, 0.2) is 17.1 Å². The lowest BCUT2D eigenvalue weighted by Gasteiger charge is -2.00. The molecule has 0 saturated heterocycles. The first kappa shape index (κ1) is 11.5. The highest BCUT2D eigenvalue weighted by molar-refractivity contribution is 5.88. The normalized spacial score (nSPS) is 10.8. The van der Waals surface area contributed by atoms with E-state index in [1.54, 1.807) is 24.3 Å². The van der Waals surface area contributed by atoms with Crippen molar-refractivity contribution in [1.82, 2.24) is 14.6 Å². The van der Waals surface area contributed by atoms with Crippen molar-refractivity contribution in [1.29, 1.82) is 0 Å². The molecule has 0 aliphatic heterocycles. The third-order valence-corrected chi connectivity index (χ3v) is 2.72. The number of esters is 1. The average Bonchev–Trinajstić information content (AvgIpc) is 3.02. The van der Waals surface area contributed by atoms with Gasteiger partial charge in [-0.05, 0) is 31.2 Å². The number of pyridine rings is 1. The molecule has 0 atom stereocenters. The summed E-state index contributed by atoms with van der Waals surface area (Å²) in [5, 5.41) is 4.28. The minimum atomic E-state index is -0.460. The largest absolute Gasteiger partial charge is 0.464 e. The Hall–Kier alpha value is -2.63. The molecule has 0 spiro atoms. The number of hydrogen-bond donors (Lipinski definition) is 0. The van der Waals surface area contributed by atoms with Gasteiger partial charge in [-0.2, -0.15) is 0 Å². The van der Waals surface area contributed by atoms with E-state index in [0.29, 0.717) is 22.9 Å². The molecule has 3 aromatic heterocycles. The van der Waals surface area contributed by atoms with Gasteiger partial charge in [-0.15, -0.1) is 5.10 Å². The van der Waals surface area contributed by atoms with Crippen LogP contribution in [0.4, 0.5) is 0 Å². The Balaban J connectivity index is 2.18. The fourth-order valence-electron chi connectivity index (χ4n) is 1.82. The molecule has 0 radical (unpaired) electrons. The van der Waals surface area contributed by atoms with Crippen molar-refractivity contribution in [2.24, 2.45) is 0 Å². The van der Waals surface area contributed by atoms with Crippen LogP contribution in [0.2, 0.25) is 0 Å². The molecule has 0 fully saturated rings. The summed E-state index contributed by atoms with van der Waals surface area (Å²) in [6, 6.07) is 8.75. The summed E-state index contributed by atoms with van der Waals surface area (Å²) in [4.78, 5) is 16.0. The lowest BCUT2D eigenvalue weighted by atomic mass is 10.3. The van der Waals surface area contributed by atoms with Crippen LogP contribution in [0.25, 0.3) is 17.2 Å². The maximum atomic E-state index is 11.6. The molecule has 6 heteroatoms. The van der Waals surface area contributed by atoms with Crippen LogP contribution in [-0.4, -0.2) is 27.7 Å². The summed E-state index contributed by atoms with van der Waals surface area (Å²) in [5.41, 5.74) is 0.883. The van der Waals surface area contributed by atoms with Gasteiger partial charge >= 0.3 is 5.97 Å². The van der Waals surface area contributed by atoms with Gasteiger partial charge in [-0.3, -0.25) is 0 Å². The number of aromatic nitrogens is 3. The highest BCUT2D eigenvalue weighted by Crippen LogP contribution is 2.19. The van der Waals surface area contributed by atoms with Crippen molar-refractivity contribution in [2.45, 2.75) is 6.92 Å². The zero-order valence-electron chi connectivity index (χ0n) is 10.5. The SMILES string of the molecule is COC(=O)c1cccc2nc(-c3ccc(C)o3)nn12. The lowest BCUT2D eigenvalue weighted by Crippen LogP contribution is -2.08. The Bertz CT molecular complexity index is 757. The molecule has 0 N–H and O–H groups in total. The first-order chi connectivity index (χ1) is 9.19. The van der Waals surface area contributed by atoms with Gasteiger partial charge < -0.3 is 9.15 Å². The third kappa shape index (κ3) is 1.87. The van der Waals surface area contributed by atoms with Crippen LogP contribution in [-0.2, 0) is 4.74 Å². The molecule has 0 bridgehead atoms. The van der Waals surface area contributed by atoms with Crippen molar-refractivity contribution in [3.8, 4) is 11.6 Å². The van der Waals surface area contributed by atoms with E-state index in [9.17, 15) is 4.79 Å². The Kier molecular flexibility index (Phi) is 2.56. The van der Waals surface area contributed by atoms with Crippen molar-refractivity contribution < 1.29 is 13.9 Å². The number of methoxy groups -OCH3 is 1. The third-order valence-electron chi connectivity index (χ3n) is 2.72.